The predicted octanol–water partition coefficient (Wildman–Crippen LogP) is 1.40. The second-order valence-electron chi connectivity index (χ2n) is 4.89. The van der Waals surface area contributed by atoms with Crippen molar-refractivity contribution >= 4 is 22.8 Å². The number of rotatable bonds is 5. The highest BCUT2D eigenvalue weighted by Crippen LogP contribution is 2.33. The largest absolute Gasteiger partial charge is 0.493 e. The van der Waals surface area contributed by atoms with Crippen LogP contribution >= 0.6 is 0 Å². The molecule has 7 heteroatoms. The van der Waals surface area contributed by atoms with Crippen LogP contribution in [-0.4, -0.2) is 41.8 Å². The van der Waals surface area contributed by atoms with Gasteiger partial charge < -0.3 is 24.5 Å². The van der Waals surface area contributed by atoms with Crippen molar-refractivity contribution in [2.45, 2.75) is 13.0 Å². The molecular formula is C15H18N2O5. The van der Waals surface area contributed by atoms with Crippen LogP contribution in [0, 0.1) is 0 Å². The molecule has 0 aliphatic heterocycles. The van der Waals surface area contributed by atoms with Crippen molar-refractivity contribution in [3.8, 4) is 11.5 Å². The number of carbonyl (C=O) groups is 2. The van der Waals surface area contributed by atoms with Gasteiger partial charge in [-0.25, -0.2) is 0 Å². The van der Waals surface area contributed by atoms with Crippen LogP contribution in [0.2, 0.25) is 0 Å². The lowest BCUT2D eigenvalue weighted by molar-refractivity contribution is -0.138. The summed E-state index contributed by atoms with van der Waals surface area (Å²) < 4.78 is 12.2. The molecule has 0 bridgehead atoms. The molecule has 0 saturated carbocycles. The van der Waals surface area contributed by atoms with E-state index in [-0.39, 0.29) is 0 Å². The molecule has 0 radical (unpaired) electrons. The van der Waals surface area contributed by atoms with E-state index in [0.29, 0.717) is 17.2 Å². The standard InChI is InChI=1S/C15H18N2O5/c1-8(15(19)20)16-14(18)11-5-9-6-12(21-3)13(22-4)7-10(9)17(11)2/h5-8H,1-4H3,(H,16,18)(H,19,20)/t8-/m0/s1. The van der Waals surface area contributed by atoms with Crippen LogP contribution in [-0.2, 0) is 11.8 Å². The van der Waals surface area contributed by atoms with E-state index < -0.39 is 17.9 Å². The number of carboxylic acid groups (broad SMARTS) is 1. The Morgan fingerprint density at radius 2 is 1.77 bits per heavy atom. The van der Waals surface area contributed by atoms with E-state index in [4.69, 9.17) is 14.6 Å². The van der Waals surface area contributed by atoms with Gasteiger partial charge in [-0.3, -0.25) is 9.59 Å². The van der Waals surface area contributed by atoms with Crippen LogP contribution in [0.3, 0.4) is 0 Å². The lowest BCUT2D eigenvalue weighted by atomic mass is 10.2. The number of ether oxygens (including phenoxy) is 2. The van der Waals surface area contributed by atoms with E-state index in [1.165, 1.54) is 21.1 Å². The minimum atomic E-state index is -1.09. The third-order valence-electron chi connectivity index (χ3n) is 3.50. The summed E-state index contributed by atoms with van der Waals surface area (Å²) in [5, 5.41) is 12.1. The number of nitrogens with one attached hydrogen (secondary N) is 1. The van der Waals surface area contributed by atoms with Crippen molar-refractivity contribution < 1.29 is 24.2 Å². The van der Waals surface area contributed by atoms with E-state index in [9.17, 15) is 9.59 Å². The molecule has 1 atom stereocenters. The molecule has 2 aromatic rings. The highest BCUT2D eigenvalue weighted by Gasteiger charge is 2.20. The maximum absolute atomic E-state index is 12.2. The first-order valence-corrected chi connectivity index (χ1v) is 6.64. The van der Waals surface area contributed by atoms with Gasteiger partial charge >= 0.3 is 5.97 Å². The Labute approximate surface area is 127 Å². The van der Waals surface area contributed by atoms with E-state index >= 15 is 0 Å². The summed E-state index contributed by atoms with van der Waals surface area (Å²) >= 11 is 0. The fourth-order valence-electron chi connectivity index (χ4n) is 2.21. The van der Waals surface area contributed by atoms with Crippen molar-refractivity contribution in [3.05, 3.63) is 23.9 Å². The van der Waals surface area contributed by atoms with Gasteiger partial charge in [-0.05, 0) is 19.1 Å². The van der Waals surface area contributed by atoms with Crippen molar-refractivity contribution in [1.82, 2.24) is 9.88 Å². The first-order chi connectivity index (χ1) is 10.4. The molecule has 0 fully saturated rings. The lowest BCUT2D eigenvalue weighted by Gasteiger charge is -2.10. The molecule has 118 valence electrons. The quantitative estimate of drug-likeness (QED) is 0.871. The van der Waals surface area contributed by atoms with Gasteiger partial charge in [0.15, 0.2) is 11.5 Å². The van der Waals surface area contributed by atoms with Crippen LogP contribution < -0.4 is 14.8 Å². The Bertz CT molecular complexity index is 735. The Morgan fingerprint density at radius 1 is 1.18 bits per heavy atom. The molecule has 1 amide bonds. The van der Waals surface area contributed by atoms with Crippen LogP contribution in [0.5, 0.6) is 11.5 Å². The second-order valence-corrected chi connectivity index (χ2v) is 4.89. The van der Waals surface area contributed by atoms with Crippen molar-refractivity contribution in [3.63, 3.8) is 0 Å². The third kappa shape index (κ3) is 2.69. The maximum atomic E-state index is 12.2. The molecular weight excluding hydrogens is 288 g/mol. The van der Waals surface area contributed by atoms with E-state index in [1.807, 2.05) is 0 Å². The number of amides is 1. The Hall–Kier alpha value is -2.70. The number of hydrogen-bond donors (Lipinski definition) is 2. The summed E-state index contributed by atoms with van der Waals surface area (Å²) in [7, 11) is 4.80. The van der Waals surface area contributed by atoms with Crippen molar-refractivity contribution in [2.24, 2.45) is 7.05 Å². The van der Waals surface area contributed by atoms with E-state index in [2.05, 4.69) is 5.32 Å². The van der Waals surface area contributed by atoms with Gasteiger partial charge in [0.05, 0.1) is 19.7 Å². The Balaban J connectivity index is 2.46. The number of fused-ring (bicyclic) bond motifs is 1. The molecule has 2 rings (SSSR count). The monoisotopic (exact) mass is 306 g/mol. The maximum Gasteiger partial charge on any atom is 0.325 e. The number of methoxy groups -OCH3 is 2. The molecule has 2 N–H and O–H groups in total. The average molecular weight is 306 g/mol. The highest BCUT2D eigenvalue weighted by atomic mass is 16.5. The molecule has 7 nitrogen and oxygen atoms in total. The summed E-state index contributed by atoms with van der Waals surface area (Å²) in [5.74, 6) is -0.421. The van der Waals surface area contributed by atoms with Gasteiger partial charge in [0.2, 0.25) is 0 Å². The number of carboxylic acids is 1. The second kappa shape index (κ2) is 5.97. The molecule has 0 unspecified atom stereocenters. The molecule has 22 heavy (non-hydrogen) atoms. The zero-order chi connectivity index (χ0) is 16.4. The molecule has 1 heterocycles. The molecule has 0 aliphatic rings. The summed E-state index contributed by atoms with van der Waals surface area (Å²) in [5.41, 5.74) is 1.14. The minimum absolute atomic E-state index is 0.360. The number of aryl methyl sites for hydroxylation is 1. The zero-order valence-corrected chi connectivity index (χ0v) is 12.8. The van der Waals surface area contributed by atoms with Gasteiger partial charge in [0.1, 0.15) is 11.7 Å². The average Bonchev–Trinajstić information content (AvgIpc) is 2.82. The molecule has 1 aromatic carbocycles. The number of aromatic nitrogens is 1. The smallest absolute Gasteiger partial charge is 0.325 e. The number of aliphatic carboxylic acids is 1. The summed E-state index contributed by atoms with van der Waals surface area (Å²) in [6.07, 6.45) is 0. The summed E-state index contributed by atoms with van der Waals surface area (Å²) in [6.45, 7) is 1.41. The van der Waals surface area contributed by atoms with Crippen LogP contribution in [0.25, 0.3) is 10.9 Å². The lowest BCUT2D eigenvalue weighted by Crippen LogP contribution is -2.39. The first-order valence-electron chi connectivity index (χ1n) is 6.64. The van der Waals surface area contributed by atoms with Gasteiger partial charge in [-0.1, -0.05) is 0 Å². The molecule has 0 saturated heterocycles. The Morgan fingerprint density at radius 3 is 2.32 bits per heavy atom. The van der Waals surface area contributed by atoms with Gasteiger partial charge in [0, 0.05) is 18.5 Å². The number of nitrogens with zero attached hydrogens (tertiary/aromatic N) is 1. The third-order valence-corrected chi connectivity index (χ3v) is 3.50. The molecule has 1 aromatic heterocycles. The van der Waals surface area contributed by atoms with Crippen LogP contribution in [0.15, 0.2) is 18.2 Å². The number of carbonyl (C=O) groups excluding carboxylic acids is 1. The highest BCUT2D eigenvalue weighted by molar-refractivity contribution is 6.00. The Kier molecular flexibility index (Phi) is 4.25. The first kappa shape index (κ1) is 15.7. The zero-order valence-electron chi connectivity index (χ0n) is 12.8. The van der Waals surface area contributed by atoms with E-state index in [0.717, 1.165) is 10.9 Å². The molecule has 0 aliphatic carbocycles. The fourth-order valence-corrected chi connectivity index (χ4v) is 2.21. The predicted molar refractivity (Wildman–Crippen MR) is 80.6 cm³/mol. The van der Waals surface area contributed by atoms with Gasteiger partial charge in [-0.2, -0.15) is 0 Å². The van der Waals surface area contributed by atoms with Crippen molar-refractivity contribution in [1.29, 1.82) is 0 Å². The summed E-state index contributed by atoms with van der Waals surface area (Å²) in [6, 6.07) is 4.26. The van der Waals surface area contributed by atoms with Crippen molar-refractivity contribution in [2.75, 3.05) is 14.2 Å². The SMILES string of the molecule is COc1cc2cc(C(=O)N[C@@H](C)C(=O)O)n(C)c2cc1OC. The topological polar surface area (TPSA) is 89.8 Å². The number of hydrogen-bond acceptors (Lipinski definition) is 4. The minimum Gasteiger partial charge on any atom is -0.493 e. The van der Waals surface area contributed by atoms with Crippen LogP contribution in [0.1, 0.15) is 17.4 Å². The summed E-state index contributed by atoms with van der Waals surface area (Å²) in [4.78, 5) is 23.0. The normalized spacial score (nSPS) is 12.0. The fraction of sp³-hybridized carbons (Fsp3) is 0.333. The van der Waals surface area contributed by atoms with Gasteiger partial charge in [0.25, 0.3) is 5.91 Å². The van der Waals surface area contributed by atoms with Gasteiger partial charge in [-0.15, -0.1) is 0 Å². The molecule has 0 spiro atoms. The number of benzene rings is 1. The van der Waals surface area contributed by atoms with E-state index in [1.54, 1.807) is 29.8 Å². The van der Waals surface area contributed by atoms with Crippen LogP contribution in [0.4, 0.5) is 0 Å².